The number of halogens is 5. The minimum Gasteiger partial charge on any atom is -0.497 e. The number of likely N-dealkylation sites (tertiary alicyclic amines) is 3. The minimum atomic E-state index is -1.17. The second-order valence-electron chi connectivity index (χ2n) is 32.7. The van der Waals surface area contributed by atoms with Crippen LogP contribution in [-0.4, -0.2) is 171 Å². The molecule has 3 saturated heterocycles. The zero-order chi connectivity index (χ0) is 83.8. The Morgan fingerprint density at radius 2 is 0.737 bits per heavy atom. The van der Waals surface area contributed by atoms with E-state index in [1.54, 1.807) is 101 Å². The van der Waals surface area contributed by atoms with Crippen molar-refractivity contribution in [2.24, 2.45) is 52.7 Å². The number of methoxy groups -OCH3 is 1. The van der Waals surface area contributed by atoms with Crippen LogP contribution in [0.1, 0.15) is 179 Å². The van der Waals surface area contributed by atoms with Crippen LogP contribution >= 0.6 is 0 Å². The van der Waals surface area contributed by atoms with Gasteiger partial charge in [0.1, 0.15) is 54.3 Å². The molecule has 0 radical (unpaired) electrons. The molecule has 10 N–H and O–H groups in total. The number of hydrogen-bond acceptors (Lipinski definition) is 15. The summed E-state index contributed by atoms with van der Waals surface area (Å²) in [5.41, 5.74) is 24.0. The number of aromatic nitrogens is 1. The second kappa shape index (κ2) is 37.8. The van der Waals surface area contributed by atoms with Gasteiger partial charge in [-0.2, -0.15) is 0 Å². The summed E-state index contributed by atoms with van der Waals surface area (Å²) in [4.78, 5) is 125. The molecular weight excluding hydrogens is 1530 g/mol. The number of rotatable bonds is 25. The average molecular weight is 1630 g/mol. The van der Waals surface area contributed by atoms with Crippen molar-refractivity contribution >= 4 is 85.8 Å². The van der Waals surface area contributed by atoms with Gasteiger partial charge in [0, 0.05) is 114 Å². The lowest BCUT2D eigenvalue weighted by Crippen LogP contribution is -2.47. The lowest BCUT2D eigenvalue weighted by molar-refractivity contribution is -0.142. The number of nitrogens with zero attached hydrogens (tertiary/aromatic N) is 3. The van der Waals surface area contributed by atoms with Crippen LogP contribution in [0.2, 0.25) is 0 Å². The first kappa shape index (κ1) is 85.0. The number of carbonyl (C=O) groups is 9. The molecule has 6 heterocycles. The maximum Gasteiger partial charge on any atom is 0.371 e. The summed E-state index contributed by atoms with van der Waals surface area (Å²) in [6.07, 6.45) is 9.95. The maximum absolute atomic E-state index is 14.0. The number of ketones is 3. The number of hydrogen-bond donors (Lipinski definition) is 7. The third kappa shape index (κ3) is 19.3. The zero-order valence-corrected chi connectivity index (χ0v) is 65.7. The van der Waals surface area contributed by atoms with Crippen molar-refractivity contribution in [1.29, 1.82) is 0 Å². The van der Waals surface area contributed by atoms with E-state index in [-0.39, 0.29) is 136 Å². The fourth-order valence-corrected chi connectivity index (χ4v) is 19.0. The van der Waals surface area contributed by atoms with Crippen molar-refractivity contribution in [1.82, 2.24) is 19.7 Å². The third-order valence-corrected chi connectivity index (χ3v) is 25.5. The molecule has 6 aromatic carbocycles. The monoisotopic (exact) mass is 1630 g/mol. The van der Waals surface area contributed by atoms with Crippen LogP contribution in [0, 0.1) is 47.1 Å². The third-order valence-electron chi connectivity index (χ3n) is 25.5. The van der Waals surface area contributed by atoms with Crippen molar-refractivity contribution in [2.75, 3.05) is 46.8 Å². The number of nitrogens with one attached hydrogen (secondary N) is 1. The molecule has 9 aromatic rings. The molecule has 0 bridgehead atoms. The molecule has 6 fully saturated rings. The lowest BCUT2D eigenvalue weighted by atomic mass is 9.78. The first-order valence-corrected chi connectivity index (χ1v) is 40.7. The van der Waals surface area contributed by atoms with Crippen molar-refractivity contribution in [3.63, 3.8) is 0 Å². The molecule has 15 rings (SSSR count). The number of aromatic amines is 1. The quantitative estimate of drug-likeness (QED) is 0.0261. The van der Waals surface area contributed by atoms with E-state index in [2.05, 4.69) is 4.98 Å². The van der Waals surface area contributed by atoms with Gasteiger partial charge in [0.15, 0.2) is 17.3 Å². The molecule has 3 aliphatic carbocycles. The van der Waals surface area contributed by atoms with Crippen molar-refractivity contribution < 1.29 is 94.0 Å². The number of furan rings is 2. The first-order chi connectivity index (χ1) is 56.8. The maximum atomic E-state index is 14.0. The number of carbonyl (C=O) groups excluding carboxylic acids is 6. The molecule has 118 heavy (non-hydrogen) atoms. The number of Topliss-reactive ketones (excluding diaryl/α,β-unsaturated/α-hetero) is 3. The van der Waals surface area contributed by atoms with Gasteiger partial charge in [-0.1, -0.05) is 54.6 Å². The highest BCUT2D eigenvalue weighted by Crippen LogP contribution is 2.44. The van der Waals surface area contributed by atoms with Gasteiger partial charge < -0.3 is 65.8 Å². The highest BCUT2D eigenvalue weighted by molar-refractivity contribution is 5.98. The fraction of sp³-hybridized carbons (Fsp3) is 0.440. The molecule has 3 aliphatic heterocycles. The van der Waals surface area contributed by atoms with Gasteiger partial charge in [0.2, 0.25) is 29.2 Å². The first-order valence-electron chi connectivity index (χ1n) is 40.7. The number of alkyl halides is 3. The summed E-state index contributed by atoms with van der Waals surface area (Å²) in [5.74, 6) is -5.38. The molecule has 27 heteroatoms. The summed E-state index contributed by atoms with van der Waals surface area (Å²) in [6, 6.07) is 36.3. The molecule has 3 unspecified atom stereocenters. The summed E-state index contributed by atoms with van der Waals surface area (Å²) < 4.78 is 82.5. The van der Waals surface area contributed by atoms with Crippen molar-refractivity contribution in [3.05, 3.63) is 208 Å². The van der Waals surface area contributed by atoms with Crippen LogP contribution in [0.5, 0.6) is 5.75 Å². The smallest absolute Gasteiger partial charge is 0.371 e. The molecule has 9 atom stereocenters. The Labute approximate surface area is 678 Å². The standard InChI is InChI=1S/C31H35FN2O6.C30H33F2N3O4.C30H32F2N2O5/c1-39-23-9-7-19(8-10-23)24-12-13-34(30(36)21-5-3-20(4-6-21)25(33)17-32)29(24)26(35)15-18-2-11-27-22(14-18)16-28(40-27)31(37)38;31-16-24(33)19-2-4-20(5-3-19)29(37)35-12-11-23(18-6-8-22(32)9-7-18)28(35)27(36)14-17-1-10-25-21(13-17)15-26(34-25)30(38)39;31-16-24(33)19-2-4-20(5-3-19)29(36)34-12-11-23(18-6-8-22(32)9-7-18)28(34)25(35)14-17-1-10-26-21(13-17)15-27(39-26)30(37)38/h2,7-11,14,16,20-21,24-25,29H,3-6,12-13,15,17,33H2,1H3,(H,37,38);1,6-10,13,15,19-20,23-24,28,34H,2-5,11-12,14,16,33H2,(H,38,39);1,6-10,13,15,19-20,23-24,28H,2-5,11-12,14,16,33H2,(H,37,38)/t20?,21?,24-,25?,29-;2*19?,20?,23-,24?,28-/m000/s1. The van der Waals surface area contributed by atoms with Gasteiger partial charge >= 0.3 is 17.9 Å². The molecule has 0 spiro atoms. The summed E-state index contributed by atoms with van der Waals surface area (Å²) in [5, 5.41) is 29.6. The number of aromatic carboxylic acids is 3. The van der Waals surface area contributed by atoms with Gasteiger partial charge in [0.05, 0.1) is 25.2 Å². The number of H-pyrrole nitrogens is 1. The largest absolute Gasteiger partial charge is 0.497 e. The second-order valence-corrected chi connectivity index (χ2v) is 32.7. The topological polar surface area (TPSA) is 353 Å². The molecule has 3 saturated carbocycles. The molecule has 22 nitrogen and oxygen atoms in total. The van der Waals surface area contributed by atoms with Crippen LogP contribution < -0.4 is 21.9 Å². The van der Waals surface area contributed by atoms with E-state index < -0.39 is 74.2 Å². The predicted molar refractivity (Wildman–Crippen MR) is 430 cm³/mol. The highest BCUT2D eigenvalue weighted by Gasteiger charge is 2.48. The Bertz CT molecular complexity index is 4900. The minimum absolute atomic E-state index is 0.0157. The number of fused-ring (bicyclic) bond motifs is 3. The van der Waals surface area contributed by atoms with E-state index in [4.69, 9.17) is 30.8 Å². The van der Waals surface area contributed by atoms with Crippen LogP contribution in [0.15, 0.2) is 154 Å². The van der Waals surface area contributed by atoms with Gasteiger partial charge in [-0.05, 0) is 238 Å². The SMILES string of the molecule is COc1ccc([C@@H]2CCN(C(=O)C3CCC(C(N)CF)CC3)[C@@H]2C(=O)Cc2ccc3oc(C(=O)O)cc3c2)cc1.NC(CF)C1CCC(C(=O)N2CC[C@@H](c3ccc(F)cc3)[C@H]2C(=O)Cc2ccc3[nH]c(C(=O)O)cc3c2)CC1.NC(CF)C1CCC(C(=O)N2CC[C@@H](c3ccc(F)cc3)[C@H]2C(=O)Cc2ccc3oc(C(=O)O)cc3c2)CC1. The molecule has 3 aromatic heterocycles. The Kier molecular flexibility index (Phi) is 27.2. The van der Waals surface area contributed by atoms with Crippen molar-refractivity contribution in [2.45, 2.75) is 170 Å². The van der Waals surface area contributed by atoms with Crippen LogP contribution in [-0.2, 0) is 48.0 Å². The summed E-state index contributed by atoms with van der Waals surface area (Å²) >= 11 is 0. The average Bonchev–Trinajstić information content (AvgIpc) is 1.58. The Hall–Kier alpha value is -10.9. The zero-order valence-electron chi connectivity index (χ0n) is 65.7. The number of carboxylic acids is 3. The van der Waals surface area contributed by atoms with Gasteiger partial charge in [-0.25, -0.2) is 36.3 Å². The van der Waals surface area contributed by atoms with E-state index in [1.807, 2.05) is 24.3 Å². The van der Waals surface area contributed by atoms with Gasteiger partial charge in [0.25, 0.3) is 0 Å². The normalized spacial score (nSPS) is 24.0. The Balaban J connectivity index is 0.000000153. The summed E-state index contributed by atoms with van der Waals surface area (Å²) in [6.45, 7) is -0.370. The Morgan fingerprint density at radius 1 is 0.415 bits per heavy atom. The molecule has 3 amide bonds. The number of amides is 3. The van der Waals surface area contributed by atoms with E-state index >= 15 is 0 Å². The van der Waals surface area contributed by atoms with E-state index in [9.17, 15) is 80.4 Å². The molecule has 624 valence electrons. The molecular formula is C91H100F5N7O15. The van der Waals surface area contributed by atoms with Gasteiger partial charge in [-0.3, -0.25) is 28.8 Å². The number of benzene rings is 6. The highest BCUT2D eigenvalue weighted by atomic mass is 19.1. The molecule has 6 aliphatic rings. The summed E-state index contributed by atoms with van der Waals surface area (Å²) in [7, 11) is 1.60. The number of ether oxygens (including phenoxy) is 1. The number of nitrogens with two attached hydrogens (primary N) is 3. The van der Waals surface area contributed by atoms with E-state index in [0.29, 0.717) is 154 Å². The lowest BCUT2D eigenvalue weighted by Gasteiger charge is -2.35. The van der Waals surface area contributed by atoms with Gasteiger partial charge in [-0.15, -0.1) is 0 Å². The van der Waals surface area contributed by atoms with E-state index in [0.717, 1.165) is 33.6 Å². The fourth-order valence-electron chi connectivity index (χ4n) is 19.0. The van der Waals surface area contributed by atoms with E-state index in [1.165, 1.54) is 42.5 Å². The van der Waals surface area contributed by atoms with Crippen molar-refractivity contribution in [3.8, 4) is 5.75 Å². The van der Waals surface area contributed by atoms with Crippen LogP contribution in [0.3, 0.4) is 0 Å². The Morgan fingerprint density at radius 3 is 1.05 bits per heavy atom. The number of carboxylic acid groups (broad SMARTS) is 3. The predicted octanol–water partition coefficient (Wildman–Crippen LogP) is 14.2. The van der Waals surface area contributed by atoms with Crippen LogP contribution in [0.25, 0.3) is 32.8 Å². The van der Waals surface area contributed by atoms with Crippen LogP contribution in [0.4, 0.5) is 22.0 Å².